The molecule has 0 atom stereocenters. The Hall–Kier alpha value is -3.38. The van der Waals surface area contributed by atoms with Crippen molar-refractivity contribution >= 4 is 33.3 Å². The third-order valence-corrected chi connectivity index (χ3v) is 8.63. The Bertz CT molecular complexity index is 1480. The number of rotatable bonds is 8. The maximum atomic E-state index is 14.0. The fourth-order valence-corrected chi connectivity index (χ4v) is 6.25. The molecule has 0 amide bonds. The van der Waals surface area contributed by atoms with Crippen LogP contribution in [0.25, 0.3) is 11.1 Å². The lowest BCUT2D eigenvalue weighted by Crippen LogP contribution is -2.48. The first-order chi connectivity index (χ1) is 19.1. The number of nitrogens with zero attached hydrogens (tertiary/aromatic N) is 4. The summed E-state index contributed by atoms with van der Waals surface area (Å²) in [5.74, 6) is 0.143. The van der Waals surface area contributed by atoms with Gasteiger partial charge in [0.05, 0.1) is 51.4 Å². The summed E-state index contributed by atoms with van der Waals surface area (Å²) in [5, 5.41) is 7.98. The zero-order valence-electron chi connectivity index (χ0n) is 22.9. The average Bonchev–Trinajstić information content (AvgIpc) is 3.09. The van der Waals surface area contributed by atoms with E-state index in [2.05, 4.69) is 31.2 Å². The van der Waals surface area contributed by atoms with Gasteiger partial charge in [-0.05, 0) is 59.7 Å². The standard InChI is InChI=1S/C28H34BrFN6O4/c1-34-15-18(27(38)39-3)10-19(25(34)37)20-13-32-35(2)26(20)40-9-8-36-14-17-4-6-28(16-36,7-5-17)33-24-11-21(29)22(30)12-23(24)31/h10-13,15,17,33H,4-9,14,16,31H2,1-3H3. The second kappa shape index (κ2) is 11.2. The van der Waals surface area contributed by atoms with Crippen molar-refractivity contribution in [3.8, 4) is 17.0 Å². The van der Waals surface area contributed by atoms with Crippen LogP contribution in [-0.4, -0.2) is 64.1 Å². The Balaban J connectivity index is 1.31. The number of halogens is 2. The molecule has 40 heavy (non-hydrogen) atoms. The van der Waals surface area contributed by atoms with E-state index < -0.39 is 5.97 Å². The van der Waals surface area contributed by atoms with Crippen molar-refractivity contribution in [3.63, 3.8) is 0 Å². The summed E-state index contributed by atoms with van der Waals surface area (Å²) in [6.07, 6.45) is 7.26. The van der Waals surface area contributed by atoms with Crippen LogP contribution in [0.5, 0.6) is 5.88 Å². The molecule has 1 aromatic carbocycles. The van der Waals surface area contributed by atoms with E-state index in [-0.39, 0.29) is 22.5 Å². The van der Waals surface area contributed by atoms with Gasteiger partial charge in [0.1, 0.15) is 12.4 Å². The quantitative estimate of drug-likeness (QED) is 0.290. The number of pyridine rings is 1. The van der Waals surface area contributed by atoms with Crippen LogP contribution < -0.4 is 21.3 Å². The van der Waals surface area contributed by atoms with Gasteiger partial charge in [-0.3, -0.25) is 9.69 Å². The van der Waals surface area contributed by atoms with Gasteiger partial charge in [-0.25, -0.2) is 13.9 Å². The van der Waals surface area contributed by atoms with E-state index in [1.807, 2.05) is 0 Å². The van der Waals surface area contributed by atoms with E-state index in [1.165, 1.54) is 30.0 Å². The average molecular weight is 618 g/mol. The second-order valence-electron chi connectivity index (χ2n) is 10.8. The van der Waals surface area contributed by atoms with Crippen LogP contribution in [0.2, 0.25) is 0 Å². The van der Waals surface area contributed by atoms with Gasteiger partial charge in [-0.15, -0.1) is 0 Å². The molecule has 1 saturated carbocycles. The van der Waals surface area contributed by atoms with Crippen LogP contribution in [0.15, 0.2) is 39.9 Å². The summed E-state index contributed by atoms with van der Waals surface area (Å²) in [6.45, 7) is 2.83. The molecule has 214 valence electrons. The molecule has 2 saturated heterocycles. The summed E-state index contributed by atoms with van der Waals surface area (Å²) in [5.41, 5.74) is 7.94. The normalized spacial score (nSPS) is 20.8. The van der Waals surface area contributed by atoms with E-state index in [0.717, 1.165) is 44.5 Å². The zero-order chi connectivity index (χ0) is 28.6. The van der Waals surface area contributed by atoms with Crippen LogP contribution in [0.1, 0.15) is 36.0 Å². The molecule has 0 unspecified atom stereocenters. The zero-order valence-corrected chi connectivity index (χ0v) is 24.5. The molecule has 0 spiro atoms. The van der Waals surface area contributed by atoms with Gasteiger partial charge in [-0.1, -0.05) is 0 Å². The summed E-state index contributed by atoms with van der Waals surface area (Å²) < 4.78 is 28.3. The van der Waals surface area contributed by atoms with Crippen LogP contribution in [-0.2, 0) is 18.8 Å². The van der Waals surface area contributed by atoms with Crippen LogP contribution >= 0.6 is 15.9 Å². The fourth-order valence-electron chi connectivity index (χ4n) is 5.91. The van der Waals surface area contributed by atoms with Crippen molar-refractivity contribution < 1.29 is 18.7 Å². The summed E-state index contributed by atoms with van der Waals surface area (Å²) in [6, 6.07) is 4.57. The maximum Gasteiger partial charge on any atom is 0.339 e. The summed E-state index contributed by atoms with van der Waals surface area (Å²) >= 11 is 3.28. The lowest BCUT2D eigenvalue weighted by Gasteiger charge is -2.39. The number of esters is 1. The number of carbonyl (C=O) groups excluding carboxylic acids is 1. The molecule has 4 heterocycles. The van der Waals surface area contributed by atoms with Gasteiger partial charge in [0.2, 0.25) is 5.88 Å². The highest BCUT2D eigenvalue weighted by Crippen LogP contribution is 2.41. The minimum absolute atomic E-state index is 0.170. The third kappa shape index (κ3) is 5.60. The molecule has 6 rings (SSSR count). The SMILES string of the molecule is COC(=O)c1cc(-c2cnn(C)c2OCCN2CC3CCC(Nc4cc(Br)c(F)cc4N)(CC3)C2)c(=O)n(C)c1. The molecule has 2 bridgehead atoms. The van der Waals surface area contributed by atoms with E-state index in [1.54, 1.807) is 31.0 Å². The predicted octanol–water partition coefficient (Wildman–Crippen LogP) is 3.79. The summed E-state index contributed by atoms with van der Waals surface area (Å²) in [7, 11) is 4.64. The monoisotopic (exact) mass is 616 g/mol. The van der Waals surface area contributed by atoms with Crippen molar-refractivity contribution in [3.05, 3.63) is 56.8 Å². The highest BCUT2D eigenvalue weighted by atomic mass is 79.9. The molecule has 3 aliphatic rings. The first-order valence-electron chi connectivity index (χ1n) is 13.3. The molecule has 3 aromatic rings. The molecule has 12 heteroatoms. The molecular formula is C28H34BrFN6O4. The number of methoxy groups -OCH3 is 1. The van der Waals surface area contributed by atoms with Crippen molar-refractivity contribution in [1.82, 2.24) is 19.2 Å². The Morgan fingerprint density at radius 3 is 2.73 bits per heavy atom. The number of carbonyl (C=O) groups is 1. The van der Waals surface area contributed by atoms with Gasteiger partial charge < -0.3 is 25.1 Å². The number of aromatic nitrogens is 3. The number of ether oxygens (including phenoxy) is 2. The van der Waals surface area contributed by atoms with Crippen LogP contribution in [0.3, 0.4) is 0 Å². The van der Waals surface area contributed by atoms with E-state index in [9.17, 15) is 14.0 Å². The topological polar surface area (TPSA) is 117 Å². The fraction of sp³-hybridized carbons (Fsp3) is 0.464. The number of hydrogen-bond donors (Lipinski definition) is 2. The van der Waals surface area contributed by atoms with Gasteiger partial charge >= 0.3 is 5.97 Å². The number of anilines is 2. The number of aryl methyl sites for hydroxylation is 2. The van der Waals surface area contributed by atoms with Crippen molar-refractivity contribution in [2.45, 2.75) is 31.2 Å². The van der Waals surface area contributed by atoms with Crippen molar-refractivity contribution in [1.29, 1.82) is 0 Å². The maximum absolute atomic E-state index is 14.0. The minimum atomic E-state index is -0.531. The largest absolute Gasteiger partial charge is 0.476 e. The molecule has 3 fully saturated rings. The Morgan fingerprint density at radius 1 is 1.25 bits per heavy atom. The molecule has 2 aromatic heterocycles. The van der Waals surface area contributed by atoms with Crippen molar-refractivity contribution in [2.24, 2.45) is 20.0 Å². The van der Waals surface area contributed by atoms with E-state index in [4.69, 9.17) is 15.2 Å². The van der Waals surface area contributed by atoms with Gasteiger partial charge in [-0.2, -0.15) is 5.10 Å². The number of hydrogen-bond acceptors (Lipinski definition) is 8. The highest BCUT2D eigenvalue weighted by molar-refractivity contribution is 9.10. The lowest BCUT2D eigenvalue weighted by molar-refractivity contribution is 0.0599. The number of nitrogens with two attached hydrogens (primary N) is 1. The minimum Gasteiger partial charge on any atom is -0.476 e. The third-order valence-electron chi connectivity index (χ3n) is 8.02. The number of nitrogen functional groups attached to an aromatic ring is 1. The van der Waals surface area contributed by atoms with Gasteiger partial charge in [0, 0.05) is 46.0 Å². The van der Waals surface area contributed by atoms with Gasteiger partial charge in [0.25, 0.3) is 5.56 Å². The number of benzene rings is 1. The molecular weight excluding hydrogens is 583 g/mol. The highest BCUT2D eigenvalue weighted by Gasteiger charge is 2.41. The molecule has 3 N–H and O–H groups in total. The van der Waals surface area contributed by atoms with Crippen molar-refractivity contribution in [2.75, 3.05) is 44.4 Å². The molecule has 10 nitrogen and oxygen atoms in total. The van der Waals surface area contributed by atoms with E-state index >= 15 is 0 Å². The van der Waals surface area contributed by atoms with Crippen LogP contribution in [0, 0.1) is 11.7 Å². The summed E-state index contributed by atoms with van der Waals surface area (Å²) in [4.78, 5) is 27.5. The molecule has 1 aliphatic carbocycles. The van der Waals surface area contributed by atoms with Gasteiger partial charge in [0.15, 0.2) is 0 Å². The number of fused-ring (bicyclic) bond motifs is 4. The Morgan fingerprint density at radius 2 is 2.00 bits per heavy atom. The first kappa shape index (κ1) is 28.2. The lowest BCUT2D eigenvalue weighted by atomic mass is 9.78. The Kier molecular flexibility index (Phi) is 7.92. The molecule has 0 radical (unpaired) electrons. The second-order valence-corrected chi connectivity index (χ2v) is 11.7. The van der Waals surface area contributed by atoms with E-state index in [0.29, 0.717) is 46.2 Å². The van der Waals surface area contributed by atoms with Crippen LogP contribution in [0.4, 0.5) is 15.8 Å². The predicted molar refractivity (Wildman–Crippen MR) is 154 cm³/mol. The molecule has 2 aliphatic heterocycles. The smallest absolute Gasteiger partial charge is 0.339 e. The first-order valence-corrected chi connectivity index (χ1v) is 14.1. The number of nitrogens with one attached hydrogen (secondary N) is 1. The Labute approximate surface area is 240 Å².